The summed E-state index contributed by atoms with van der Waals surface area (Å²) in [5.74, 6) is 2.11. The smallest absolute Gasteiger partial charge is 0.246 e. The number of hydrogen-bond donors (Lipinski definition) is 1. The van der Waals surface area contributed by atoms with E-state index in [2.05, 4.69) is 42.0 Å². The van der Waals surface area contributed by atoms with E-state index in [0.717, 1.165) is 48.7 Å². The number of aryl methyl sites for hydroxylation is 1. The molecule has 0 bridgehead atoms. The second kappa shape index (κ2) is 8.30. The van der Waals surface area contributed by atoms with Crippen LogP contribution in [0.15, 0.2) is 30.6 Å². The number of nitrogens with zero attached hydrogens (tertiary/aromatic N) is 4. The molecule has 0 aromatic carbocycles. The molecule has 2 fully saturated rings. The zero-order chi connectivity index (χ0) is 21.3. The zero-order valence-electron chi connectivity index (χ0n) is 18.3. The van der Waals surface area contributed by atoms with Crippen LogP contribution in [0.4, 0.5) is 5.82 Å². The van der Waals surface area contributed by atoms with E-state index in [1.54, 1.807) is 19.5 Å². The van der Waals surface area contributed by atoms with Gasteiger partial charge in [0.05, 0.1) is 0 Å². The van der Waals surface area contributed by atoms with Gasteiger partial charge in [0.2, 0.25) is 5.91 Å². The highest BCUT2D eigenvalue weighted by atomic mass is 16.5. The van der Waals surface area contributed by atoms with Crippen LogP contribution in [0.5, 0.6) is 0 Å². The van der Waals surface area contributed by atoms with E-state index in [4.69, 9.17) is 14.7 Å². The van der Waals surface area contributed by atoms with Crippen molar-refractivity contribution in [3.8, 4) is 11.4 Å². The van der Waals surface area contributed by atoms with Crippen LogP contribution in [0.1, 0.15) is 39.3 Å². The van der Waals surface area contributed by atoms with Gasteiger partial charge in [0, 0.05) is 66.8 Å². The molecule has 7 heteroatoms. The number of pyridine rings is 1. The summed E-state index contributed by atoms with van der Waals surface area (Å²) >= 11 is 0. The lowest BCUT2D eigenvalue weighted by Crippen LogP contribution is -2.75. The SMILES string of the molecule is CCc1cc(N2CCCC3C(NC(=O)COC)C(C)(C)C32)nc(-c2ccncc2)n1. The average Bonchev–Trinajstić information content (AvgIpc) is 2.77. The second-order valence-electron chi connectivity index (χ2n) is 8.87. The van der Waals surface area contributed by atoms with Crippen molar-refractivity contribution in [3.63, 3.8) is 0 Å². The van der Waals surface area contributed by atoms with Gasteiger partial charge in [-0.15, -0.1) is 0 Å². The maximum absolute atomic E-state index is 12.2. The van der Waals surface area contributed by atoms with Crippen molar-refractivity contribution in [2.24, 2.45) is 11.3 Å². The molecule has 2 aliphatic rings. The molecule has 1 aliphatic carbocycles. The maximum Gasteiger partial charge on any atom is 0.246 e. The molecule has 1 N–H and O–H groups in total. The fourth-order valence-electron chi connectivity index (χ4n) is 5.28. The summed E-state index contributed by atoms with van der Waals surface area (Å²) in [4.78, 5) is 28.4. The Hall–Kier alpha value is -2.54. The Balaban J connectivity index is 1.64. The van der Waals surface area contributed by atoms with Crippen LogP contribution in [-0.2, 0) is 16.0 Å². The number of ether oxygens (including phenoxy) is 1. The van der Waals surface area contributed by atoms with Gasteiger partial charge >= 0.3 is 0 Å². The van der Waals surface area contributed by atoms with Crippen LogP contribution in [0, 0.1) is 11.3 Å². The fraction of sp³-hybridized carbons (Fsp3) is 0.565. The number of carbonyl (C=O) groups excluding carboxylic acids is 1. The summed E-state index contributed by atoms with van der Waals surface area (Å²) in [6, 6.07) is 6.52. The summed E-state index contributed by atoms with van der Waals surface area (Å²) in [6.45, 7) is 7.69. The molecule has 3 heterocycles. The predicted molar refractivity (Wildman–Crippen MR) is 116 cm³/mol. The number of methoxy groups -OCH3 is 1. The van der Waals surface area contributed by atoms with E-state index < -0.39 is 0 Å². The van der Waals surface area contributed by atoms with Crippen molar-refractivity contribution in [1.82, 2.24) is 20.3 Å². The minimum absolute atomic E-state index is 0.0403. The lowest BCUT2D eigenvalue weighted by atomic mass is 9.52. The van der Waals surface area contributed by atoms with E-state index >= 15 is 0 Å². The van der Waals surface area contributed by atoms with Gasteiger partial charge in [-0.2, -0.15) is 0 Å². The lowest BCUT2D eigenvalue weighted by Gasteiger charge is -2.64. The lowest BCUT2D eigenvalue weighted by molar-refractivity contribution is -0.131. The highest BCUT2D eigenvalue weighted by molar-refractivity contribution is 5.78. The first-order valence-electron chi connectivity index (χ1n) is 10.8. The minimum atomic E-state index is -0.0529. The van der Waals surface area contributed by atoms with Gasteiger partial charge in [-0.1, -0.05) is 20.8 Å². The third-order valence-electron chi connectivity index (χ3n) is 6.62. The van der Waals surface area contributed by atoms with Gasteiger partial charge in [0.15, 0.2) is 5.82 Å². The Kier molecular flexibility index (Phi) is 5.73. The summed E-state index contributed by atoms with van der Waals surface area (Å²) < 4.78 is 5.00. The molecule has 2 aromatic rings. The highest BCUT2D eigenvalue weighted by Gasteiger charge is 2.60. The molecule has 7 nitrogen and oxygen atoms in total. The molecule has 30 heavy (non-hydrogen) atoms. The number of nitrogens with one attached hydrogen (secondary N) is 1. The first-order valence-corrected chi connectivity index (χ1v) is 10.8. The highest BCUT2D eigenvalue weighted by Crippen LogP contribution is 2.53. The van der Waals surface area contributed by atoms with Crippen LogP contribution in [0.25, 0.3) is 11.4 Å². The molecule has 1 saturated carbocycles. The number of amides is 1. The Bertz CT molecular complexity index is 902. The van der Waals surface area contributed by atoms with E-state index in [1.807, 2.05) is 12.1 Å². The standard InChI is InChI=1S/C23H31N5O2/c1-5-16-13-18(26-22(25-16)15-8-10-24-11-9-15)28-12-6-7-17-20(23(2,3)21(17)28)27-19(29)14-30-4/h8-11,13,17,20-21H,5-7,12,14H2,1-4H3,(H,27,29). The van der Waals surface area contributed by atoms with Crippen LogP contribution < -0.4 is 10.2 Å². The summed E-state index contributed by atoms with van der Waals surface area (Å²) in [6.07, 6.45) is 6.61. The predicted octanol–water partition coefficient (Wildman–Crippen LogP) is 2.86. The Morgan fingerprint density at radius 1 is 1.30 bits per heavy atom. The minimum Gasteiger partial charge on any atom is -0.375 e. The Morgan fingerprint density at radius 3 is 2.77 bits per heavy atom. The van der Waals surface area contributed by atoms with Crippen molar-refractivity contribution >= 4 is 11.7 Å². The van der Waals surface area contributed by atoms with Crippen LogP contribution in [0.3, 0.4) is 0 Å². The van der Waals surface area contributed by atoms with Gasteiger partial charge < -0.3 is 15.0 Å². The zero-order valence-corrected chi connectivity index (χ0v) is 18.3. The van der Waals surface area contributed by atoms with Crippen molar-refractivity contribution in [2.75, 3.05) is 25.2 Å². The monoisotopic (exact) mass is 409 g/mol. The normalized spacial score (nSPS) is 24.7. The van der Waals surface area contributed by atoms with Crippen molar-refractivity contribution in [3.05, 3.63) is 36.3 Å². The molecule has 1 amide bonds. The number of piperidine rings is 1. The molecular formula is C23H31N5O2. The largest absolute Gasteiger partial charge is 0.375 e. The van der Waals surface area contributed by atoms with E-state index in [1.165, 1.54) is 0 Å². The molecule has 2 aromatic heterocycles. The molecule has 0 spiro atoms. The summed E-state index contributed by atoms with van der Waals surface area (Å²) in [7, 11) is 1.55. The van der Waals surface area contributed by atoms with E-state index in [9.17, 15) is 4.79 Å². The van der Waals surface area contributed by atoms with Gasteiger partial charge in [-0.3, -0.25) is 9.78 Å². The molecule has 1 aliphatic heterocycles. The van der Waals surface area contributed by atoms with E-state index in [-0.39, 0.29) is 24.0 Å². The average molecular weight is 410 g/mol. The van der Waals surface area contributed by atoms with Crippen LogP contribution in [0.2, 0.25) is 0 Å². The number of aromatic nitrogens is 3. The number of rotatable bonds is 6. The van der Waals surface area contributed by atoms with Gasteiger partial charge in [-0.25, -0.2) is 9.97 Å². The molecule has 0 radical (unpaired) electrons. The molecule has 3 atom stereocenters. The first kappa shape index (κ1) is 20.7. The van der Waals surface area contributed by atoms with Gasteiger partial charge in [0.1, 0.15) is 12.4 Å². The van der Waals surface area contributed by atoms with Crippen molar-refractivity contribution < 1.29 is 9.53 Å². The van der Waals surface area contributed by atoms with E-state index in [0.29, 0.717) is 12.0 Å². The quantitative estimate of drug-likeness (QED) is 0.790. The third kappa shape index (κ3) is 3.67. The van der Waals surface area contributed by atoms with Crippen molar-refractivity contribution in [1.29, 1.82) is 0 Å². The second-order valence-corrected chi connectivity index (χ2v) is 8.87. The first-order chi connectivity index (χ1) is 14.5. The number of carbonyl (C=O) groups is 1. The third-order valence-corrected chi connectivity index (χ3v) is 6.62. The fourth-order valence-corrected chi connectivity index (χ4v) is 5.28. The Labute approximate surface area is 178 Å². The Morgan fingerprint density at radius 2 is 2.07 bits per heavy atom. The number of anilines is 1. The van der Waals surface area contributed by atoms with Gasteiger partial charge in [0.25, 0.3) is 0 Å². The summed E-state index contributed by atoms with van der Waals surface area (Å²) in [5.41, 5.74) is 1.96. The topological polar surface area (TPSA) is 80.2 Å². The molecule has 4 rings (SSSR count). The molecule has 160 valence electrons. The number of hydrogen-bond acceptors (Lipinski definition) is 6. The number of fused-ring (bicyclic) bond motifs is 1. The van der Waals surface area contributed by atoms with Crippen LogP contribution in [-0.4, -0.2) is 53.2 Å². The van der Waals surface area contributed by atoms with Gasteiger partial charge in [-0.05, 0) is 31.4 Å². The maximum atomic E-state index is 12.2. The van der Waals surface area contributed by atoms with Crippen LogP contribution >= 0.6 is 0 Å². The molecular weight excluding hydrogens is 378 g/mol. The molecule has 3 unspecified atom stereocenters. The van der Waals surface area contributed by atoms with Crippen molar-refractivity contribution in [2.45, 2.75) is 52.1 Å². The molecule has 1 saturated heterocycles. The summed E-state index contributed by atoms with van der Waals surface area (Å²) in [5, 5.41) is 3.21.